The number of aliphatic carboxylic acids is 1. The highest BCUT2D eigenvalue weighted by Crippen LogP contribution is 2.17. The summed E-state index contributed by atoms with van der Waals surface area (Å²) in [4.78, 5) is 22.9. The number of nitrogens with one attached hydrogen (secondary N) is 3. The molecule has 2 heterocycles. The first-order chi connectivity index (χ1) is 15.3. The number of fused-ring (bicyclic) bond motifs is 1. The highest BCUT2D eigenvalue weighted by Gasteiger charge is 2.24. The average molecular weight is 441 g/mol. The van der Waals surface area contributed by atoms with Crippen molar-refractivity contribution in [3.63, 3.8) is 0 Å². The zero-order chi connectivity index (χ0) is 23.4. The molecular formula is C24H36N6O2. The van der Waals surface area contributed by atoms with Crippen molar-refractivity contribution in [2.75, 3.05) is 11.9 Å². The van der Waals surface area contributed by atoms with Gasteiger partial charge in [-0.3, -0.25) is 20.1 Å². The molecule has 0 unspecified atom stereocenters. The van der Waals surface area contributed by atoms with Gasteiger partial charge in [0.25, 0.3) is 5.97 Å². The summed E-state index contributed by atoms with van der Waals surface area (Å²) in [6.07, 6.45) is 9.43. The van der Waals surface area contributed by atoms with Gasteiger partial charge in [-0.1, -0.05) is 57.2 Å². The molecule has 3 rings (SSSR count). The Morgan fingerprint density at radius 1 is 1.16 bits per heavy atom. The van der Waals surface area contributed by atoms with Crippen LogP contribution < -0.4 is 16.0 Å². The Hall–Kier alpha value is -3.16. The molecule has 1 aromatic carbocycles. The van der Waals surface area contributed by atoms with Crippen LogP contribution in [0.5, 0.6) is 0 Å². The number of nitrogens with zero attached hydrogens (tertiary/aromatic N) is 3. The van der Waals surface area contributed by atoms with E-state index in [1.54, 1.807) is 0 Å². The topological polar surface area (TPSA) is 111 Å². The van der Waals surface area contributed by atoms with Crippen molar-refractivity contribution in [1.29, 1.82) is 0 Å². The fourth-order valence-electron chi connectivity index (χ4n) is 3.27. The van der Waals surface area contributed by atoms with Gasteiger partial charge in [0.2, 0.25) is 5.96 Å². The summed E-state index contributed by atoms with van der Waals surface area (Å²) in [5.41, 5.74) is 1.46. The Kier molecular flexibility index (Phi) is 9.91. The standard InChI is InChI=1S/C22H32N6.C2H4O2/c1-4-5-6-7-8-11-14-23-20-26-21(28-22(2,3)27-20)25-18-15-17-12-9-10-13-19(17)24-16-18;1-2(3)4/h9-10,12-13,15-16H,4-8,11,14H2,1-3H3,(H3,23,25,26,27,28);1H3,(H,3,4). The highest BCUT2D eigenvalue weighted by atomic mass is 16.4. The van der Waals surface area contributed by atoms with Crippen molar-refractivity contribution in [2.45, 2.75) is 71.9 Å². The predicted octanol–water partition coefficient (Wildman–Crippen LogP) is 4.74. The van der Waals surface area contributed by atoms with Crippen LogP contribution in [-0.4, -0.2) is 40.2 Å². The van der Waals surface area contributed by atoms with Crippen molar-refractivity contribution in [3.8, 4) is 0 Å². The SMILES string of the molecule is CC(=O)O.CCCCCCCCN=C1NC(Nc2cnc3ccccc3c2)=NC(C)(C)N1. The number of carbonyl (C=O) groups is 1. The number of carboxylic acids is 1. The smallest absolute Gasteiger partial charge is 0.300 e. The number of anilines is 1. The zero-order valence-electron chi connectivity index (χ0n) is 19.6. The van der Waals surface area contributed by atoms with E-state index in [4.69, 9.17) is 19.9 Å². The number of hydrogen-bond donors (Lipinski definition) is 4. The van der Waals surface area contributed by atoms with E-state index in [-0.39, 0.29) is 0 Å². The molecule has 8 nitrogen and oxygen atoms in total. The second kappa shape index (κ2) is 12.6. The van der Waals surface area contributed by atoms with E-state index in [2.05, 4.69) is 40.0 Å². The number of benzene rings is 1. The van der Waals surface area contributed by atoms with E-state index in [1.165, 1.54) is 32.1 Å². The normalized spacial score (nSPS) is 15.8. The molecule has 0 bridgehead atoms. The minimum Gasteiger partial charge on any atom is -0.481 e. The van der Waals surface area contributed by atoms with E-state index in [1.807, 2.05) is 38.2 Å². The fourth-order valence-corrected chi connectivity index (χ4v) is 3.27. The van der Waals surface area contributed by atoms with E-state index in [9.17, 15) is 0 Å². The summed E-state index contributed by atoms with van der Waals surface area (Å²) in [6, 6.07) is 10.2. The largest absolute Gasteiger partial charge is 0.481 e. The number of hydrogen-bond acceptors (Lipinski definition) is 5. The third-order valence-corrected chi connectivity index (χ3v) is 4.69. The van der Waals surface area contributed by atoms with Gasteiger partial charge in [0.15, 0.2) is 5.96 Å². The number of pyridine rings is 1. The second-order valence-corrected chi connectivity index (χ2v) is 8.33. The summed E-state index contributed by atoms with van der Waals surface area (Å²) in [6.45, 7) is 8.22. The average Bonchev–Trinajstić information content (AvgIpc) is 2.71. The Bertz CT molecular complexity index is 935. The zero-order valence-corrected chi connectivity index (χ0v) is 19.6. The Morgan fingerprint density at radius 3 is 2.59 bits per heavy atom. The molecule has 2 aromatic rings. The van der Waals surface area contributed by atoms with E-state index >= 15 is 0 Å². The maximum Gasteiger partial charge on any atom is 0.300 e. The van der Waals surface area contributed by atoms with Crippen LogP contribution in [0.4, 0.5) is 5.69 Å². The van der Waals surface area contributed by atoms with Crippen LogP contribution >= 0.6 is 0 Å². The number of rotatable bonds is 8. The van der Waals surface area contributed by atoms with Gasteiger partial charge in [0.1, 0.15) is 5.66 Å². The lowest BCUT2D eigenvalue weighted by molar-refractivity contribution is -0.134. The highest BCUT2D eigenvalue weighted by molar-refractivity contribution is 6.07. The number of guanidine groups is 2. The molecule has 32 heavy (non-hydrogen) atoms. The molecule has 0 amide bonds. The summed E-state index contributed by atoms with van der Waals surface area (Å²) >= 11 is 0. The van der Waals surface area contributed by atoms with Gasteiger partial charge in [-0.05, 0) is 32.4 Å². The Labute approximate surface area is 190 Å². The van der Waals surface area contributed by atoms with Gasteiger partial charge in [-0.25, -0.2) is 4.99 Å². The molecule has 0 saturated heterocycles. The van der Waals surface area contributed by atoms with Gasteiger partial charge >= 0.3 is 0 Å². The van der Waals surface area contributed by atoms with Crippen molar-refractivity contribution in [1.82, 2.24) is 15.6 Å². The maximum absolute atomic E-state index is 9.00. The summed E-state index contributed by atoms with van der Waals surface area (Å²) < 4.78 is 0. The van der Waals surface area contributed by atoms with E-state index in [0.717, 1.165) is 42.4 Å². The lowest BCUT2D eigenvalue weighted by Gasteiger charge is -2.31. The van der Waals surface area contributed by atoms with Crippen molar-refractivity contribution in [2.24, 2.45) is 9.98 Å². The fraction of sp³-hybridized carbons (Fsp3) is 0.500. The molecular weight excluding hydrogens is 404 g/mol. The van der Waals surface area contributed by atoms with Crippen molar-refractivity contribution in [3.05, 3.63) is 36.5 Å². The van der Waals surface area contributed by atoms with Crippen LogP contribution in [-0.2, 0) is 4.79 Å². The third-order valence-electron chi connectivity index (χ3n) is 4.69. The molecule has 4 N–H and O–H groups in total. The first-order valence-corrected chi connectivity index (χ1v) is 11.3. The van der Waals surface area contributed by atoms with Gasteiger partial charge < -0.3 is 15.7 Å². The van der Waals surface area contributed by atoms with Crippen molar-refractivity contribution >= 4 is 34.5 Å². The molecule has 174 valence electrons. The number of aliphatic imine (C=N–C) groups is 2. The molecule has 0 fully saturated rings. The Balaban J connectivity index is 0.000000837. The van der Waals surface area contributed by atoms with Crippen LogP contribution in [0.3, 0.4) is 0 Å². The first-order valence-electron chi connectivity index (χ1n) is 11.3. The molecule has 1 aromatic heterocycles. The summed E-state index contributed by atoms with van der Waals surface area (Å²) in [7, 11) is 0. The van der Waals surface area contributed by atoms with Crippen LogP contribution in [0.15, 0.2) is 46.5 Å². The molecule has 1 aliphatic rings. The van der Waals surface area contributed by atoms with Crippen LogP contribution in [0, 0.1) is 0 Å². The molecule has 1 aliphatic heterocycles. The molecule has 0 radical (unpaired) electrons. The predicted molar refractivity (Wildman–Crippen MR) is 132 cm³/mol. The van der Waals surface area contributed by atoms with E-state index in [0.29, 0.717) is 5.96 Å². The lowest BCUT2D eigenvalue weighted by atomic mass is 10.1. The van der Waals surface area contributed by atoms with Gasteiger partial charge in [0, 0.05) is 18.9 Å². The van der Waals surface area contributed by atoms with Crippen LogP contribution in [0.1, 0.15) is 66.2 Å². The summed E-state index contributed by atoms with van der Waals surface area (Å²) in [5, 5.41) is 18.5. The Morgan fingerprint density at radius 2 is 1.84 bits per heavy atom. The molecule has 8 heteroatoms. The minimum absolute atomic E-state index is 0.419. The van der Waals surface area contributed by atoms with Gasteiger partial charge in [0.05, 0.1) is 17.4 Å². The lowest BCUT2D eigenvalue weighted by Crippen LogP contribution is -2.57. The second-order valence-electron chi connectivity index (χ2n) is 8.33. The number of unbranched alkanes of at least 4 members (excludes halogenated alkanes) is 5. The minimum atomic E-state index is -0.833. The number of carboxylic acid groups (broad SMARTS) is 1. The first kappa shape index (κ1) is 25.1. The van der Waals surface area contributed by atoms with E-state index < -0.39 is 11.6 Å². The molecule has 0 atom stereocenters. The number of para-hydroxylation sites is 1. The van der Waals surface area contributed by atoms with Crippen molar-refractivity contribution < 1.29 is 9.90 Å². The summed E-state index contributed by atoms with van der Waals surface area (Å²) in [5.74, 6) is 0.618. The monoisotopic (exact) mass is 440 g/mol. The van der Waals surface area contributed by atoms with Gasteiger partial charge in [-0.2, -0.15) is 0 Å². The van der Waals surface area contributed by atoms with Gasteiger partial charge in [-0.15, -0.1) is 0 Å². The molecule has 0 aliphatic carbocycles. The molecule has 0 spiro atoms. The quantitative estimate of drug-likeness (QED) is 0.441. The number of aromatic nitrogens is 1. The van der Waals surface area contributed by atoms with Crippen LogP contribution in [0.2, 0.25) is 0 Å². The van der Waals surface area contributed by atoms with Crippen LogP contribution in [0.25, 0.3) is 10.9 Å². The molecule has 0 saturated carbocycles. The maximum atomic E-state index is 9.00. The third kappa shape index (κ3) is 9.32.